The van der Waals surface area contributed by atoms with Gasteiger partial charge in [-0.15, -0.1) is 0 Å². The van der Waals surface area contributed by atoms with Gasteiger partial charge < -0.3 is 4.90 Å². The highest BCUT2D eigenvalue weighted by molar-refractivity contribution is 5.76. The van der Waals surface area contributed by atoms with Crippen molar-refractivity contribution in [3.05, 3.63) is 78.0 Å². The largest absolute Gasteiger partial charge is 0.358 e. The van der Waals surface area contributed by atoms with Gasteiger partial charge in [-0.25, -0.2) is 4.99 Å². The summed E-state index contributed by atoms with van der Waals surface area (Å²) >= 11 is 0. The highest BCUT2D eigenvalue weighted by Crippen LogP contribution is 2.26. The van der Waals surface area contributed by atoms with Crippen molar-refractivity contribution in [1.82, 2.24) is 4.90 Å². The van der Waals surface area contributed by atoms with Crippen LogP contribution in [0.15, 0.2) is 71.9 Å². The van der Waals surface area contributed by atoms with Crippen molar-refractivity contribution < 1.29 is 0 Å². The molecule has 1 aliphatic heterocycles. The molecule has 2 aromatic carbocycles. The second-order valence-electron chi connectivity index (χ2n) is 5.09. The lowest BCUT2D eigenvalue weighted by atomic mass is 9.92. The van der Waals surface area contributed by atoms with Crippen molar-refractivity contribution >= 4 is 11.9 Å². The van der Waals surface area contributed by atoms with Gasteiger partial charge in [0.25, 0.3) is 0 Å². The van der Waals surface area contributed by atoms with E-state index in [-0.39, 0.29) is 0 Å². The fourth-order valence-corrected chi connectivity index (χ4v) is 2.59. The fraction of sp³-hybridized carbons (Fsp3) is 0.167. The van der Waals surface area contributed by atoms with Gasteiger partial charge in [0, 0.05) is 18.8 Å². The van der Waals surface area contributed by atoms with E-state index in [0.717, 1.165) is 6.42 Å². The van der Waals surface area contributed by atoms with Crippen LogP contribution in [0, 0.1) is 0 Å². The Hall–Kier alpha value is -2.35. The van der Waals surface area contributed by atoms with E-state index in [1.165, 1.54) is 16.7 Å². The zero-order valence-electron chi connectivity index (χ0n) is 11.6. The van der Waals surface area contributed by atoms with Gasteiger partial charge in [0.15, 0.2) is 0 Å². The summed E-state index contributed by atoms with van der Waals surface area (Å²) in [6.45, 7) is 0. The van der Waals surface area contributed by atoms with Crippen LogP contribution in [0.25, 0.3) is 5.57 Å². The topological polar surface area (TPSA) is 15.6 Å². The van der Waals surface area contributed by atoms with Crippen molar-refractivity contribution in [2.75, 3.05) is 7.05 Å². The van der Waals surface area contributed by atoms with Gasteiger partial charge in [0.2, 0.25) is 0 Å². The molecule has 0 spiro atoms. The minimum absolute atomic E-state index is 0.331. The van der Waals surface area contributed by atoms with Crippen LogP contribution < -0.4 is 0 Å². The van der Waals surface area contributed by atoms with Crippen molar-refractivity contribution in [3.63, 3.8) is 0 Å². The highest BCUT2D eigenvalue weighted by atomic mass is 15.2. The highest BCUT2D eigenvalue weighted by Gasteiger charge is 2.21. The van der Waals surface area contributed by atoms with Crippen LogP contribution in [-0.4, -0.2) is 24.3 Å². The summed E-state index contributed by atoms with van der Waals surface area (Å²) < 4.78 is 0. The van der Waals surface area contributed by atoms with Crippen LogP contribution in [0.5, 0.6) is 0 Å². The van der Waals surface area contributed by atoms with Gasteiger partial charge in [0.1, 0.15) is 0 Å². The number of benzene rings is 2. The fourth-order valence-electron chi connectivity index (χ4n) is 2.59. The monoisotopic (exact) mass is 262 g/mol. The quantitative estimate of drug-likeness (QED) is 0.825. The van der Waals surface area contributed by atoms with E-state index >= 15 is 0 Å². The van der Waals surface area contributed by atoms with Crippen molar-refractivity contribution in [2.24, 2.45) is 4.99 Å². The number of hydrogen-bond acceptors (Lipinski definition) is 2. The number of aliphatic imine (C=N–C) groups is 1. The molecule has 2 nitrogen and oxygen atoms in total. The predicted octanol–water partition coefficient (Wildman–Crippen LogP) is 3.61. The molecule has 0 N–H and O–H groups in total. The maximum Gasteiger partial charge on any atom is 0.0907 e. The second kappa shape index (κ2) is 5.74. The molecule has 0 aliphatic carbocycles. The molecule has 0 amide bonds. The van der Waals surface area contributed by atoms with Crippen LogP contribution in [0.2, 0.25) is 0 Å². The number of nitrogens with zero attached hydrogens (tertiary/aromatic N) is 2. The number of rotatable bonds is 3. The van der Waals surface area contributed by atoms with Crippen molar-refractivity contribution in [1.29, 1.82) is 0 Å². The van der Waals surface area contributed by atoms with Gasteiger partial charge in [-0.2, -0.15) is 0 Å². The SMILES string of the molecule is CN1C=NC=C(c2ccccc2)C1Cc1ccccc1. The summed E-state index contributed by atoms with van der Waals surface area (Å²) in [6.07, 6.45) is 4.88. The maximum absolute atomic E-state index is 4.35. The first-order chi connectivity index (χ1) is 9.84. The average Bonchev–Trinajstić information content (AvgIpc) is 2.51. The van der Waals surface area contributed by atoms with Crippen LogP contribution >= 0.6 is 0 Å². The first-order valence-corrected chi connectivity index (χ1v) is 6.89. The first kappa shape index (κ1) is 12.7. The minimum Gasteiger partial charge on any atom is -0.358 e. The molecule has 0 aromatic heterocycles. The lowest BCUT2D eigenvalue weighted by Gasteiger charge is -2.31. The van der Waals surface area contributed by atoms with Crippen LogP contribution in [0.4, 0.5) is 0 Å². The van der Waals surface area contributed by atoms with E-state index in [2.05, 4.69) is 71.5 Å². The smallest absolute Gasteiger partial charge is 0.0907 e. The van der Waals surface area contributed by atoms with E-state index in [1.54, 1.807) is 0 Å². The zero-order valence-corrected chi connectivity index (χ0v) is 11.6. The lowest BCUT2D eigenvalue weighted by Crippen LogP contribution is -2.35. The standard InChI is InChI=1S/C18H18N2/c1-20-14-19-13-17(16-10-6-3-7-11-16)18(20)12-15-8-4-2-5-9-15/h2-11,13-14,18H,12H2,1H3. The average molecular weight is 262 g/mol. The molecule has 0 saturated carbocycles. The summed E-state index contributed by atoms with van der Waals surface area (Å²) in [6, 6.07) is 21.5. The van der Waals surface area contributed by atoms with E-state index < -0.39 is 0 Å². The molecule has 1 heterocycles. The number of hydrogen-bond donors (Lipinski definition) is 0. The molecule has 20 heavy (non-hydrogen) atoms. The van der Waals surface area contributed by atoms with E-state index in [1.807, 2.05) is 18.6 Å². The van der Waals surface area contributed by atoms with E-state index in [9.17, 15) is 0 Å². The van der Waals surface area contributed by atoms with Gasteiger partial charge in [-0.05, 0) is 17.5 Å². The molecule has 1 aliphatic rings. The zero-order chi connectivity index (χ0) is 13.8. The summed E-state index contributed by atoms with van der Waals surface area (Å²) in [5.74, 6) is 0. The van der Waals surface area contributed by atoms with Crippen molar-refractivity contribution in [2.45, 2.75) is 12.5 Å². The Morgan fingerprint density at radius 3 is 2.30 bits per heavy atom. The summed E-state index contributed by atoms with van der Waals surface area (Å²) in [5, 5.41) is 0. The first-order valence-electron chi connectivity index (χ1n) is 6.89. The van der Waals surface area contributed by atoms with Gasteiger partial charge in [-0.3, -0.25) is 0 Å². The summed E-state index contributed by atoms with van der Waals surface area (Å²) in [4.78, 5) is 6.54. The Bertz CT molecular complexity index is 614. The Morgan fingerprint density at radius 1 is 0.950 bits per heavy atom. The van der Waals surface area contributed by atoms with Crippen molar-refractivity contribution in [3.8, 4) is 0 Å². The molecule has 0 radical (unpaired) electrons. The second-order valence-corrected chi connectivity index (χ2v) is 5.09. The third-order valence-electron chi connectivity index (χ3n) is 3.69. The van der Waals surface area contributed by atoms with Gasteiger partial charge in [-0.1, -0.05) is 60.7 Å². The molecule has 2 aromatic rings. The molecule has 100 valence electrons. The molecular formula is C18H18N2. The molecule has 2 heteroatoms. The molecule has 0 bridgehead atoms. The van der Waals surface area contributed by atoms with Gasteiger partial charge >= 0.3 is 0 Å². The van der Waals surface area contributed by atoms with Crippen LogP contribution in [0.1, 0.15) is 11.1 Å². The normalized spacial score (nSPS) is 17.9. The Labute approximate surface area is 120 Å². The Morgan fingerprint density at radius 2 is 1.60 bits per heavy atom. The molecule has 0 fully saturated rings. The van der Waals surface area contributed by atoms with E-state index in [0.29, 0.717) is 6.04 Å². The summed E-state index contributed by atoms with van der Waals surface area (Å²) in [7, 11) is 2.09. The Kier molecular flexibility index (Phi) is 3.64. The number of likely N-dealkylation sites (N-methyl/N-ethyl adjacent to an activating group) is 1. The minimum atomic E-state index is 0.331. The predicted molar refractivity (Wildman–Crippen MR) is 84.6 cm³/mol. The third-order valence-corrected chi connectivity index (χ3v) is 3.69. The molecule has 1 unspecified atom stereocenters. The van der Waals surface area contributed by atoms with E-state index in [4.69, 9.17) is 0 Å². The molecule has 1 atom stereocenters. The molecule has 3 rings (SSSR count). The molecular weight excluding hydrogens is 244 g/mol. The third kappa shape index (κ3) is 2.64. The Balaban J connectivity index is 1.91. The van der Waals surface area contributed by atoms with Crippen LogP contribution in [-0.2, 0) is 6.42 Å². The van der Waals surface area contributed by atoms with Gasteiger partial charge in [0.05, 0.1) is 12.4 Å². The summed E-state index contributed by atoms with van der Waals surface area (Å²) in [5.41, 5.74) is 3.87. The maximum atomic E-state index is 4.35. The van der Waals surface area contributed by atoms with Crippen LogP contribution in [0.3, 0.4) is 0 Å². The molecule has 0 saturated heterocycles. The lowest BCUT2D eigenvalue weighted by molar-refractivity contribution is 0.440.